The summed E-state index contributed by atoms with van der Waals surface area (Å²) in [5.74, 6) is -0.281. The Morgan fingerprint density at radius 3 is 2.60 bits per heavy atom. The molecule has 2 N–H and O–H groups in total. The molecule has 0 aromatic carbocycles. The van der Waals surface area contributed by atoms with Crippen LogP contribution in [0.4, 0.5) is 0 Å². The van der Waals surface area contributed by atoms with Gasteiger partial charge in [0.1, 0.15) is 0 Å². The molecule has 0 aliphatic heterocycles. The average Bonchev–Trinajstić information content (AvgIpc) is 2.90. The molecule has 6 heteroatoms. The van der Waals surface area contributed by atoms with E-state index in [1.54, 1.807) is 20.9 Å². The summed E-state index contributed by atoms with van der Waals surface area (Å²) in [5.41, 5.74) is -0.618. The van der Waals surface area contributed by atoms with Crippen LogP contribution >= 0.6 is 11.3 Å². The van der Waals surface area contributed by atoms with Crippen LogP contribution in [-0.4, -0.2) is 41.0 Å². The molecule has 1 aromatic heterocycles. The zero-order chi connectivity index (χ0) is 15.3. The van der Waals surface area contributed by atoms with Gasteiger partial charge in [0, 0.05) is 18.8 Å². The highest BCUT2D eigenvalue weighted by molar-refractivity contribution is 7.10. The van der Waals surface area contributed by atoms with E-state index < -0.39 is 5.54 Å². The number of carbonyl (C=O) groups excluding carboxylic acids is 2. The molecule has 0 bridgehead atoms. The number of rotatable bonds is 6. The van der Waals surface area contributed by atoms with Crippen LogP contribution in [0.15, 0.2) is 17.5 Å². The van der Waals surface area contributed by atoms with E-state index in [9.17, 15) is 14.7 Å². The highest BCUT2D eigenvalue weighted by atomic mass is 32.1. The largest absolute Gasteiger partial charge is 0.394 e. The summed E-state index contributed by atoms with van der Waals surface area (Å²) in [7, 11) is 1.66. The monoisotopic (exact) mass is 298 g/mol. The first kappa shape index (κ1) is 16.7. The summed E-state index contributed by atoms with van der Waals surface area (Å²) in [4.78, 5) is 26.1. The molecule has 0 saturated carbocycles. The van der Waals surface area contributed by atoms with Crippen LogP contribution in [0.25, 0.3) is 0 Å². The highest BCUT2D eigenvalue weighted by Gasteiger charge is 2.29. The molecule has 0 saturated heterocycles. The Morgan fingerprint density at radius 2 is 2.15 bits per heavy atom. The zero-order valence-corrected chi connectivity index (χ0v) is 13.2. The van der Waals surface area contributed by atoms with Crippen LogP contribution in [0.2, 0.25) is 0 Å². The van der Waals surface area contributed by atoms with Gasteiger partial charge in [0.2, 0.25) is 11.8 Å². The summed E-state index contributed by atoms with van der Waals surface area (Å²) in [6, 6.07) is 3.47. The maximum atomic E-state index is 12.3. The molecule has 20 heavy (non-hydrogen) atoms. The maximum Gasteiger partial charge on any atom is 0.225 e. The minimum Gasteiger partial charge on any atom is -0.394 e. The molecule has 5 nitrogen and oxygen atoms in total. The number of likely N-dealkylation sites (N-methyl/N-ethyl adjacent to an activating group) is 1. The summed E-state index contributed by atoms with van der Waals surface area (Å²) >= 11 is 1.51. The number of nitrogens with one attached hydrogen (secondary N) is 1. The van der Waals surface area contributed by atoms with Gasteiger partial charge in [-0.2, -0.15) is 0 Å². The van der Waals surface area contributed by atoms with Crippen molar-refractivity contribution in [2.75, 3.05) is 13.7 Å². The molecule has 2 amide bonds. The SMILES string of the molecule is CC(=O)NC(CC(=O)N(C)C(C)(C)CO)c1cccs1. The number of aliphatic hydroxyl groups is 1. The molecule has 1 unspecified atom stereocenters. The predicted molar refractivity (Wildman–Crippen MR) is 79.4 cm³/mol. The quantitative estimate of drug-likeness (QED) is 0.837. The second-order valence-corrected chi connectivity index (χ2v) is 6.38. The Labute approximate surface area is 123 Å². The fraction of sp³-hybridized carbons (Fsp3) is 0.571. The van der Waals surface area contributed by atoms with Crippen molar-refractivity contribution in [2.24, 2.45) is 0 Å². The van der Waals surface area contributed by atoms with Gasteiger partial charge in [0.15, 0.2) is 0 Å². The van der Waals surface area contributed by atoms with Gasteiger partial charge in [-0.1, -0.05) is 6.07 Å². The van der Waals surface area contributed by atoms with Gasteiger partial charge in [-0.15, -0.1) is 11.3 Å². The number of hydrogen-bond donors (Lipinski definition) is 2. The minimum absolute atomic E-state index is 0.112. The summed E-state index contributed by atoms with van der Waals surface area (Å²) in [5, 5.41) is 14.0. The van der Waals surface area contributed by atoms with Crippen LogP contribution in [-0.2, 0) is 9.59 Å². The lowest BCUT2D eigenvalue weighted by atomic mass is 10.0. The molecule has 1 rings (SSSR count). The smallest absolute Gasteiger partial charge is 0.225 e. The molecule has 1 aromatic rings. The Hall–Kier alpha value is -1.40. The Kier molecular flexibility index (Phi) is 5.71. The second kappa shape index (κ2) is 6.85. The molecule has 1 heterocycles. The molecular formula is C14H22N2O3S. The van der Waals surface area contributed by atoms with Gasteiger partial charge < -0.3 is 15.3 Å². The molecule has 0 aliphatic rings. The lowest BCUT2D eigenvalue weighted by Gasteiger charge is -2.34. The van der Waals surface area contributed by atoms with Gasteiger partial charge in [-0.25, -0.2) is 0 Å². The highest BCUT2D eigenvalue weighted by Crippen LogP contribution is 2.24. The van der Waals surface area contributed by atoms with Gasteiger partial charge in [0.05, 0.1) is 24.6 Å². The summed E-state index contributed by atoms with van der Waals surface area (Å²) < 4.78 is 0. The van der Waals surface area contributed by atoms with Crippen molar-refractivity contribution in [3.63, 3.8) is 0 Å². The van der Waals surface area contributed by atoms with E-state index in [2.05, 4.69) is 5.32 Å². The van der Waals surface area contributed by atoms with Crippen molar-refractivity contribution in [1.82, 2.24) is 10.2 Å². The second-order valence-electron chi connectivity index (χ2n) is 5.40. The molecule has 1 atom stereocenters. The fourth-order valence-corrected chi connectivity index (χ4v) is 2.49. The normalized spacial score (nSPS) is 12.8. The number of aliphatic hydroxyl groups excluding tert-OH is 1. The zero-order valence-electron chi connectivity index (χ0n) is 12.3. The van der Waals surface area contributed by atoms with E-state index in [4.69, 9.17) is 0 Å². The van der Waals surface area contributed by atoms with E-state index in [0.717, 1.165) is 4.88 Å². The molecular weight excluding hydrogens is 276 g/mol. The van der Waals surface area contributed by atoms with Crippen LogP contribution < -0.4 is 5.32 Å². The van der Waals surface area contributed by atoms with Gasteiger partial charge in [0.25, 0.3) is 0 Å². The number of carbonyl (C=O) groups is 2. The molecule has 112 valence electrons. The minimum atomic E-state index is -0.618. The predicted octanol–water partition coefficient (Wildman–Crippen LogP) is 1.54. The van der Waals surface area contributed by atoms with Crippen molar-refractivity contribution in [3.05, 3.63) is 22.4 Å². The third kappa shape index (κ3) is 4.31. The number of amides is 2. The lowest BCUT2D eigenvalue weighted by Crippen LogP contribution is -2.48. The Morgan fingerprint density at radius 1 is 1.50 bits per heavy atom. The molecule has 0 fully saturated rings. The van der Waals surface area contributed by atoms with Gasteiger partial charge >= 0.3 is 0 Å². The van der Waals surface area contributed by atoms with E-state index in [1.165, 1.54) is 23.2 Å². The first-order chi connectivity index (χ1) is 9.27. The third-order valence-electron chi connectivity index (χ3n) is 3.31. The molecule has 0 radical (unpaired) electrons. The number of nitrogens with zero attached hydrogens (tertiary/aromatic N) is 1. The number of thiophene rings is 1. The van der Waals surface area contributed by atoms with Crippen LogP contribution in [0.1, 0.15) is 38.1 Å². The van der Waals surface area contributed by atoms with Gasteiger partial charge in [-0.3, -0.25) is 9.59 Å². The van der Waals surface area contributed by atoms with Crippen LogP contribution in [0.3, 0.4) is 0 Å². The summed E-state index contributed by atoms with van der Waals surface area (Å²) in [6.45, 7) is 4.92. The lowest BCUT2D eigenvalue weighted by molar-refractivity contribution is -0.136. The van der Waals surface area contributed by atoms with E-state index in [0.29, 0.717) is 0 Å². The first-order valence-electron chi connectivity index (χ1n) is 6.46. The van der Waals surface area contributed by atoms with Crippen molar-refractivity contribution in [2.45, 2.75) is 38.8 Å². The van der Waals surface area contributed by atoms with Gasteiger partial charge in [-0.05, 0) is 25.3 Å². The fourth-order valence-electron chi connectivity index (χ4n) is 1.71. The standard InChI is InChI=1S/C14H22N2O3S/c1-10(18)15-11(12-6-5-7-20-12)8-13(19)16(4)14(2,3)9-17/h5-7,11,17H,8-9H2,1-4H3,(H,15,18). The van der Waals surface area contributed by atoms with Crippen LogP contribution in [0, 0.1) is 0 Å². The van der Waals surface area contributed by atoms with Crippen molar-refractivity contribution < 1.29 is 14.7 Å². The maximum absolute atomic E-state index is 12.3. The van der Waals surface area contributed by atoms with Crippen molar-refractivity contribution in [3.8, 4) is 0 Å². The van der Waals surface area contributed by atoms with Crippen molar-refractivity contribution >= 4 is 23.2 Å². The van der Waals surface area contributed by atoms with Crippen molar-refractivity contribution in [1.29, 1.82) is 0 Å². The topological polar surface area (TPSA) is 69.6 Å². The number of hydrogen-bond acceptors (Lipinski definition) is 4. The first-order valence-corrected chi connectivity index (χ1v) is 7.34. The molecule has 0 spiro atoms. The van der Waals surface area contributed by atoms with Crippen LogP contribution in [0.5, 0.6) is 0 Å². The Balaban J connectivity index is 2.80. The third-order valence-corrected chi connectivity index (χ3v) is 4.30. The Bertz CT molecular complexity index is 457. The summed E-state index contributed by atoms with van der Waals surface area (Å²) in [6.07, 6.45) is 0.181. The average molecular weight is 298 g/mol. The van der Waals surface area contributed by atoms with E-state index in [-0.39, 0.29) is 30.9 Å². The van der Waals surface area contributed by atoms with E-state index >= 15 is 0 Å². The molecule has 0 aliphatic carbocycles. The van der Waals surface area contributed by atoms with E-state index in [1.807, 2.05) is 17.5 Å².